The van der Waals surface area contributed by atoms with E-state index in [1.807, 2.05) is 6.92 Å². The number of carbonyl (C=O) groups excluding carboxylic acids is 2. The molecule has 21 heavy (non-hydrogen) atoms. The van der Waals surface area contributed by atoms with Gasteiger partial charge in [0.1, 0.15) is 0 Å². The number of ether oxygens (including phenoxy) is 3. The van der Waals surface area contributed by atoms with E-state index < -0.39 is 18.3 Å². The molecule has 1 atom stereocenters. The van der Waals surface area contributed by atoms with Gasteiger partial charge in [-0.25, -0.2) is 4.79 Å². The highest BCUT2D eigenvalue weighted by atomic mass is 16.7. The predicted molar refractivity (Wildman–Crippen MR) is 79.7 cm³/mol. The van der Waals surface area contributed by atoms with Gasteiger partial charge in [-0.15, -0.1) is 0 Å². The molecule has 6 nitrogen and oxygen atoms in total. The van der Waals surface area contributed by atoms with Crippen LogP contribution in [0.1, 0.15) is 40.5 Å². The Morgan fingerprint density at radius 1 is 1.05 bits per heavy atom. The maximum atomic E-state index is 12.0. The fraction of sp³-hybridized carbons (Fsp3) is 0.733. The summed E-state index contributed by atoms with van der Waals surface area (Å²) in [6.45, 7) is 8.25. The highest BCUT2D eigenvalue weighted by Crippen LogP contribution is 2.05. The first-order chi connectivity index (χ1) is 10.1. The van der Waals surface area contributed by atoms with Gasteiger partial charge in [-0.05, 0) is 33.3 Å². The van der Waals surface area contributed by atoms with Crippen LogP contribution in [0.3, 0.4) is 0 Å². The molecule has 0 aliphatic carbocycles. The van der Waals surface area contributed by atoms with E-state index in [1.54, 1.807) is 26.8 Å². The highest BCUT2D eigenvalue weighted by Gasteiger charge is 2.32. The summed E-state index contributed by atoms with van der Waals surface area (Å²) in [5.74, 6) is -0.937. The summed E-state index contributed by atoms with van der Waals surface area (Å²) in [6, 6.07) is -0.983. The number of carbonyl (C=O) groups is 2. The average molecular weight is 301 g/mol. The van der Waals surface area contributed by atoms with Gasteiger partial charge in [0.2, 0.25) is 5.91 Å². The van der Waals surface area contributed by atoms with Crippen LogP contribution in [0, 0.1) is 0 Å². The second-order valence-corrected chi connectivity index (χ2v) is 4.21. The molecule has 0 fully saturated rings. The van der Waals surface area contributed by atoms with Crippen LogP contribution in [0.2, 0.25) is 0 Å². The van der Waals surface area contributed by atoms with Gasteiger partial charge in [0.25, 0.3) is 0 Å². The molecule has 0 heterocycles. The summed E-state index contributed by atoms with van der Waals surface area (Å²) < 4.78 is 15.7. The van der Waals surface area contributed by atoms with Crippen molar-refractivity contribution in [2.45, 2.75) is 52.9 Å². The Morgan fingerprint density at radius 3 is 2.14 bits per heavy atom. The van der Waals surface area contributed by atoms with Crippen LogP contribution in [0.5, 0.6) is 0 Å². The molecule has 0 aromatic heterocycles. The van der Waals surface area contributed by atoms with E-state index in [2.05, 4.69) is 5.32 Å². The Bertz CT molecular complexity index is 324. The molecular weight excluding hydrogens is 274 g/mol. The van der Waals surface area contributed by atoms with Crippen LogP contribution in [0.25, 0.3) is 0 Å². The van der Waals surface area contributed by atoms with Gasteiger partial charge in [0.15, 0.2) is 12.3 Å². The van der Waals surface area contributed by atoms with Crippen LogP contribution >= 0.6 is 0 Å². The number of allylic oxidation sites excluding steroid dienone is 1. The van der Waals surface area contributed by atoms with Gasteiger partial charge in [-0.2, -0.15) is 0 Å². The van der Waals surface area contributed by atoms with Gasteiger partial charge in [0, 0.05) is 13.2 Å². The van der Waals surface area contributed by atoms with E-state index in [1.165, 1.54) is 6.08 Å². The zero-order chi connectivity index (χ0) is 16.1. The molecule has 122 valence electrons. The number of rotatable bonds is 11. The third-order valence-corrected chi connectivity index (χ3v) is 2.50. The topological polar surface area (TPSA) is 73.9 Å². The van der Waals surface area contributed by atoms with Crippen molar-refractivity contribution in [2.75, 3.05) is 19.8 Å². The maximum Gasteiger partial charge on any atom is 0.334 e. The normalized spacial score (nSPS) is 12.6. The van der Waals surface area contributed by atoms with Crippen molar-refractivity contribution in [2.24, 2.45) is 0 Å². The second-order valence-electron chi connectivity index (χ2n) is 4.21. The summed E-state index contributed by atoms with van der Waals surface area (Å²) in [5.41, 5.74) is 0. The van der Waals surface area contributed by atoms with Gasteiger partial charge in [-0.3, -0.25) is 4.79 Å². The third-order valence-electron chi connectivity index (χ3n) is 2.50. The molecule has 0 saturated carbocycles. The molecule has 0 radical (unpaired) electrons. The SMILES string of the molecule is CCC/C=C/C(=O)NC(C(=O)OCC)C(OCC)OCC. The number of unbranched alkanes of at least 4 members (excludes halogenated alkanes) is 1. The number of hydrogen-bond acceptors (Lipinski definition) is 5. The lowest BCUT2D eigenvalue weighted by Crippen LogP contribution is -2.51. The minimum atomic E-state index is -0.983. The first-order valence-electron chi connectivity index (χ1n) is 7.47. The van der Waals surface area contributed by atoms with Gasteiger partial charge in [-0.1, -0.05) is 19.4 Å². The fourth-order valence-corrected chi connectivity index (χ4v) is 1.60. The summed E-state index contributed by atoms with van der Waals surface area (Å²) in [6.07, 6.45) is 4.06. The Kier molecular flexibility index (Phi) is 11.5. The quantitative estimate of drug-likeness (QED) is 0.358. The Morgan fingerprint density at radius 2 is 1.67 bits per heavy atom. The Labute approximate surface area is 126 Å². The van der Waals surface area contributed by atoms with Crippen LogP contribution in [0.15, 0.2) is 12.2 Å². The number of hydrogen-bond donors (Lipinski definition) is 1. The molecule has 6 heteroatoms. The number of nitrogens with one attached hydrogen (secondary N) is 1. The summed E-state index contributed by atoms with van der Waals surface area (Å²) in [5, 5.41) is 2.58. The minimum Gasteiger partial charge on any atom is -0.464 e. The lowest BCUT2D eigenvalue weighted by molar-refractivity contribution is -0.180. The van der Waals surface area contributed by atoms with Gasteiger partial charge in [0.05, 0.1) is 6.61 Å². The van der Waals surface area contributed by atoms with E-state index in [0.717, 1.165) is 12.8 Å². The molecule has 0 aliphatic heterocycles. The lowest BCUT2D eigenvalue weighted by Gasteiger charge is -2.25. The number of amides is 1. The largest absolute Gasteiger partial charge is 0.464 e. The van der Waals surface area contributed by atoms with Crippen molar-refractivity contribution in [3.8, 4) is 0 Å². The molecule has 1 N–H and O–H groups in total. The van der Waals surface area contributed by atoms with Crippen molar-refractivity contribution >= 4 is 11.9 Å². The van der Waals surface area contributed by atoms with E-state index in [9.17, 15) is 9.59 Å². The van der Waals surface area contributed by atoms with Gasteiger partial charge < -0.3 is 19.5 Å². The fourth-order valence-electron chi connectivity index (χ4n) is 1.60. The van der Waals surface area contributed by atoms with E-state index in [4.69, 9.17) is 14.2 Å². The Hall–Kier alpha value is -1.40. The van der Waals surface area contributed by atoms with Crippen molar-refractivity contribution in [1.29, 1.82) is 0 Å². The Balaban J connectivity index is 4.85. The van der Waals surface area contributed by atoms with Crippen molar-refractivity contribution in [3.63, 3.8) is 0 Å². The highest BCUT2D eigenvalue weighted by molar-refractivity contribution is 5.91. The first-order valence-corrected chi connectivity index (χ1v) is 7.47. The zero-order valence-electron chi connectivity index (χ0n) is 13.4. The lowest BCUT2D eigenvalue weighted by atomic mass is 10.2. The molecule has 0 saturated heterocycles. The smallest absolute Gasteiger partial charge is 0.334 e. The molecule has 0 bridgehead atoms. The van der Waals surface area contributed by atoms with E-state index in [0.29, 0.717) is 13.2 Å². The number of esters is 1. The molecule has 0 aliphatic rings. The summed E-state index contributed by atoms with van der Waals surface area (Å²) >= 11 is 0. The molecule has 0 spiro atoms. The average Bonchev–Trinajstić information content (AvgIpc) is 2.45. The first kappa shape index (κ1) is 19.6. The molecular formula is C15H27NO5. The summed E-state index contributed by atoms with van der Waals surface area (Å²) in [7, 11) is 0. The van der Waals surface area contributed by atoms with Crippen molar-refractivity contribution in [1.82, 2.24) is 5.32 Å². The molecule has 0 rings (SSSR count). The van der Waals surface area contributed by atoms with Crippen LogP contribution in [-0.4, -0.2) is 44.0 Å². The monoisotopic (exact) mass is 301 g/mol. The second kappa shape index (κ2) is 12.3. The summed E-state index contributed by atoms with van der Waals surface area (Å²) in [4.78, 5) is 23.8. The van der Waals surface area contributed by atoms with Crippen molar-refractivity contribution < 1.29 is 23.8 Å². The predicted octanol–water partition coefficient (Wildman–Crippen LogP) is 1.79. The zero-order valence-corrected chi connectivity index (χ0v) is 13.4. The molecule has 1 unspecified atom stereocenters. The van der Waals surface area contributed by atoms with Gasteiger partial charge >= 0.3 is 5.97 Å². The molecule has 1 amide bonds. The maximum absolute atomic E-state index is 12.0. The molecule has 0 aromatic rings. The van der Waals surface area contributed by atoms with E-state index in [-0.39, 0.29) is 12.5 Å². The van der Waals surface area contributed by atoms with E-state index >= 15 is 0 Å². The van der Waals surface area contributed by atoms with Crippen LogP contribution in [-0.2, 0) is 23.8 Å². The van der Waals surface area contributed by atoms with Crippen LogP contribution < -0.4 is 5.32 Å². The third kappa shape index (κ3) is 8.47. The standard InChI is InChI=1S/C15H27NO5/c1-5-9-10-11-12(17)16-13(14(18)19-6-2)15(20-7-3)21-8-4/h10-11,13,15H,5-9H2,1-4H3,(H,16,17)/b11-10+. The van der Waals surface area contributed by atoms with Crippen molar-refractivity contribution in [3.05, 3.63) is 12.2 Å². The molecule has 0 aromatic carbocycles. The van der Waals surface area contributed by atoms with Crippen LogP contribution in [0.4, 0.5) is 0 Å². The minimum absolute atomic E-state index is 0.224.